The second-order valence-corrected chi connectivity index (χ2v) is 9.31. The molecule has 1 N–H and O–H groups in total. The molecule has 34 heavy (non-hydrogen) atoms. The van der Waals surface area contributed by atoms with Crippen LogP contribution in [0, 0.1) is 6.92 Å². The Morgan fingerprint density at radius 3 is 2.38 bits per heavy atom. The summed E-state index contributed by atoms with van der Waals surface area (Å²) in [5.41, 5.74) is 0.580. The molecule has 12 heteroatoms. The zero-order valence-corrected chi connectivity index (χ0v) is 20.8. The fourth-order valence-electron chi connectivity index (χ4n) is 3.58. The number of ether oxygens (including phenoxy) is 1. The van der Waals surface area contributed by atoms with Crippen molar-refractivity contribution in [2.45, 2.75) is 13.1 Å². The lowest BCUT2D eigenvalue weighted by atomic mass is 10.1. The molecule has 1 aliphatic heterocycles. The van der Waals surface area contributed by atoms with E-state index in [0.29, 0.717) is 52.4 Å². The zero-order chi connectivity index (χ0) is 25.2. The number of carbonyl (C=O) groups is 2. The number of carbonyl (C=O) groups excluding carboxylic acids is 2. The first kappa shape index (κ1) is 25.8. The Morgan fingerprint density at radius 1 is 1.18 bits per heavy atom. The summed E-state index contributed by atoms with van der Waals surface area (Å²) in [6.07, 6.45) is -4.40. The molecule has 1 amide bonds. The van der Waals surface area contributed by atoms with Crippen LogP contribution in [0.1, 0.15) is 31.2 Å². The number of halogens is 3. The number of esters is 1. The van der Waals surface area contributed by atoms with Crippen molar-refractivity contribution < 1.29 is 27.5 Å². The van der Waals surface area contributed by atoms with E-state index in [4.69, 9.17) is 17.0 Å². The van der Waals surface area contributed by atoms with Crippen LogP contribution in [-0.2, 0) is 10.9 Å². The number of piperazine rings is 1. The summed E-state index contributed by atoms with van der Waals surface area (Å²) in [4.78, 5) is 30.5. The maximum Gasteiger partial charge on any atom is 0.416 e. The average Bonchev–Trinajstić information content (AvgIpc) is 3.13. The first-order valence-electron chi connectivity index (χ1n) is 10.4. The summed E-state index contributed by atoms with van der Waals surface area (Å²) in [6, 6.07) is 5.25. The molecule has 0 atom stereocenters. The second-order valence-electron chi connectivity index (χ2n) is 7.90. The molecule has 1 aromatic heterocycles. The predicted octanol–water partition coefficient (Wildman–Crippen LogP) is 4.08. The summed E-state index contributed by atoms with van der Waals surface area (Å²) >= 11 is 6.67. The van der Waals surface area contributed by atoms with Gasteiger partial charge in [-0.1, -0.05) is 6.07 Å². The normalized spacial score (nSPS) is 14.1. The van der Waals surface area contributed by atoms with Crippen LogP contribution in [0.15, 0.2) is 24.3 Å². The first-order chi connectivity index (χ1) is 15.9. The van der Waals surface area contributed by atoms with Gasteiger partial charge in [-0.05, 0) is 42.9 Å². The SMILES string of the molecule is COC(=O)c1c(NC(=S)N2CCN(c3cccc(C(F)(F)F)c3)CC2)sc(C(=O)N(C)C)c1C. The highest BCUT2D eigenvalue weighted by Gasteiger charge is 2.31. The molecule has 0 aliphatic carbocycles. The second kappa shape index (κ2) is 10.2. The van der Waals surface area contributed by atoms with Gasteiger partial charge in [-0.3, -0.25) is 4.79 Å². The molecule has 7 nitrogen and oxygen atoms in total. The zero-order valence-electron chi connectivity index (χ0n) is 19.2. The Kier molecular flexibility index (Phi) is 7.71. The summed E-state index contributed by atoms with van der Waals surface area (Å²) in [6.45, 7) is 3.58. The Labute approximate surface area is 205 Å². The molecule has 1 saturated heterocycles. The van der Waals surface area contributed by atoms with E-state index >= 15 is 0 Å². The van der Waals surface area contributed by atoms with Crippen LogP contribution in [0.3, 0.4) is 0 Å². The van der Waals surface area contributed by atoms with Gasteiger partial charge in [-0.25, -0.2) is 4.79 Å². The van der Waals surface area contributed by atoms with E-state index < -0.39 is 17.7 Å². The van der Waals surface area contributed by atoms with E-state index in [9.17, 15) is 22.8 Å². The number of hydrogen-bond acceptors (Lipinski definition) is 6. The van der Waals surface area contributed by atoms with Crippen LogP contribution in [-0.4, -0.2) is 74.2 Å². The highest BCUT2D eigenvalue weighted by molar-refractivity contribution is 7.80. The number of nitrogens with one attached hydrogen (secondary N) is 1. The first-order valence-corrected chi connectivity index (χ1v) is 11.6. The molecule has 0 unspecified atom stereocenters. The van der Waals surface area contributed by atoms with Crippen LogP contribution in [0.4, 0.5) is 23.9 Å². The fraction of sp³-hybridized carbons (Fsp3) is 0.409. The number of methoxy groups -OCH3 is 1. The number of anilines is 2. The molecule has 0 radical (unpaired) electrons. The molecule has 1 aromatic carbocycles. The topological polar surface area (TPSA) is 65.1 Å². The minimum Gasteiger partial charge on any atom is -0.465 e. The lowest BCUT2D eigenvalue weighted by Gasteiger charge is -2.37. The van der Waals surface area contributed by atoms with E-state index in [1.807, 2.05) is 9.80 Å². The number of alkyl halides is 3. The number of thiophene rings is 1. The molecule has 1 fully saturated rings. The summed E-state index contributed by atoms with van der Waals surface area (Å²) in [7, 11) is 4.52. The lowest BCUT2D eigenvalue weighted by Crippen LogP contribution is -2.50. The van der Waals surface area contributed by atoms with Crippen molar-refractivity contribution in [1.82, 2.24) is 9.80 Å². The summed E-state index contributed by atoms with van der Waals surface area (Å²) in [5, 5.41) is 3.85. The van der Waals surface area contributed by atoms with Crippen molar-refractivity contribution in [3.05, 3.63) is 45.8 Å². The summed E-state index contributed by atoms with van der Waals surface area (Å²) < 4.78 is 44.0. The van der Waals surface area contributed by atoms with E-state index in [-0.39, 0.29) is 11.5 Å². The van der Waals surface area contributed by atoms with Crippen molar-refractivity contribution >= 4 is 51.2 Å². The van der Waals surface area contributed by atoms with Crippen LogP contribution >= 0.6 is 23.6 Å². The van der Waals surface area contributed by atoms with Crippen molar-refractivity contribution in [3.8, 4) is 0 Å². The molecule has 3 rings (SSSR count). The third-order valence-electron chi connectivity index (χ3n) is 5.46. The highest BCUT2D eigenvalue weighted by Crippen LogP contribution is 2.35. The average molecular weight is 515 g/mol. The van der Waals surface area contributed by atoms with Crippen LogP contribution in [0.25, 0.3) is 0 Å². The van der Waals surface area contributed by atoms with E-state index in [1.165, 1.54) is 18.1 Å². The van der Waals surface area contributed by atoms with Gasteiger partial charge in [0.15, 0.2) is 5.11 Å². The molecule has 2 heterocycles. The minimum atomic E-state index is -4.40. The van der Waals surface area contributed by atoms with E-state index in [0.717, 1.165) is 23.5 Å². The maximum atomic E-state index is 13.0. The van der Waals surface area contributed by atoms with Gasteiger partial charge >= 0.3 is 12.1 Å². The standard InChI is InChI=1S/C22H25F3N4O3S2/c1-13-16(20(31)32-4)18(34-17(13)19(30)27(2)3)26-21(33)29-10-8-28(9-11-29)15-7-5-6-14(12-15)22(23,24)25/h5-7,12H,8-11H2,1-4H3,(H,26,33). The molecule has 184 valence electrons. The van der Waals surface area contributed by atoms with Crippen molar-refractivity contribution in [2.75, 3.05) is 57.6 Å². The largest absolute Gasteiger partial charge is 0.465 e. The number of nitrogens with zero attached hydrogens (tertiary/aromatic N) is 3. The van der Waals surface area contributed by atoms with Gasteiger partial charge in [0.05, 0.1) is 23.1 Å². The number of rotatable bonds is 4. The third-order valence-corrected chi connectivity index (χ3v) is 7.02. The van der Waals surface area contributed by atoms with Crippen molar-refractivity contribution in [1.29, 1.82) is 0 Å². The molecule has 2 aromatic rings. The quantitative estimate of drug-likeness (QED) is 0.487. The number of amides is 1. The third kappa shape index (κ3) is 5.44. The van der Waals surface area contributed by atoms with Crippen molar-refractivity contribution in [2.24, 2.45) is 0 Å². The number of benzene rings is 1. The highest BCUT2D eigenvalue weighted by atomic mass is 32.1. The monoisotopic (exact) mass is 514 g/mol. The molecular formula is C22H25F3N4O3S2. The Morgan fingerprint density at radius 2 is 1.82 bits per heavy atom. The molecular weight excluding hydrogens is 489 g/mol. The molecule has 0 spiro atoms. The van der Waals surface area contributed by atoms with Gasteiger partial charge in [0.1, 0.15) is 5.00 Å². The molecule has 0 bridgehead atoms. The molecule has 0 saturated carbocycles. The van der Waals surface area contributed by atoms with Gasteiger partial charge in [-0.15, -0.1) is 11.3 Å². The smallest absolute Gasteiger partial charge is 0.416 e. The van der Waals surface area contributed by atoms with Crippen LogP contribution in [0.2, 0.25) is 0 Å². The van der Waals surface area contributed by atoms with Crippen LogP contribution in [0.5, 0.6) is 0 Å². The maximum absolute atomic E-state index is 13.0. The molecule has 1 aliphatic rings. The van der Waals surface area contributed by atoms with Crippen LogP contribution < -0.4 is 10.2 Å². The predicted molar refractivity (Wildman–Crippen MR) is 130 cm³/mol. The summed E-state index contributed by atoms with van der Waals surface area (Å²) in [5.74, 6) is -0.812. The Bertz CT molecular complexity index is 1090. The minimum absolute atomic E-state index is 0.235. The number of hydrogen-bond donors (Lipinski definition) is 1. The van der Waals surface area contributed by atoms with Gasteiger partial charge in [0, 0.05) is 46.0 Å². The Hall–Kier alpha value is -2.86. The van der Waals surface area contributed by atoms with Crippen molar-refractivity contribution in [3.63, 3.8) is 0 Å². The van der Waals surface area contributed by atoms with Gasteiger partial charge in [0.2, 0.25) is 0 Å². The number of thiocarbonyl (C=S) groups is 1. The van der Waals surface area contributed by atoms with E-state index in [2.05, 4.69) is 5.32 Å². The Balaban J connectivity index is 1.73. The lowest BCUT2D eigenvalue weighted by molar-refractivity contribution is -0.137. The van der Waals surface area contributed by atoms with E-state index in [1.54, 1.807) is 27.1 Å². The van der Waals surface area contributed by atoms with Gasteiger partial charge in [0.25, 0.3) is 5.91 Å². The fourth-order valence-corrected chi connectivity index (χ4v) is 5.14. The van der Waals surface area contributed by atoms with Gasteiger partial charge < -0.3 is 24.8 Å². The van der Waals surface area contributed by atoms with Gasteiger partial charge in [-0.2, -0.15) is 13.2 Å².